The van der Waals surface area contributed by atoms with Gasteiger partial charge in [0.1, 0.15) is 81.8 Å². The van der Waals surface area contributed by atoms with Gasteiger partial charge in [-0.3, -0.25) is 4.72 Å². The molecule has 2 aromatic heterocycles. The number of rotatable bonds is 6. The van der Waals surface area contributed by atoms with Gasteiger partial charge in [0.15, 0.2) is 46.5 Å². The number of nitrogens with one attached hydrogen (secondary N) is 1. The van der Waals surface area contributed by atoms with Gasteiger partial charge in [0, 0.05) is 97.4 Å². The summed E-state index contributed by atoms with van der Waals surface area (Å²) in [5.41, 5.74) is 27.8. The van der Waals surface area contributed by atoms with Crippen LogP contribution in [-0.2, 0) is 35.7 Å². The van der Waals surface area contributed by atoms with Gasteiger partial charge >= 0.3 is 11.3 Å². The average Bonchev–Trinajstić information content (AvgIpc) is 0.772. The Morgan fingerprint density at radius 3 is 1.15 bits per heavy atom. The quantitative estimate of drug-likeness (QED) is 0.0590. The Morgan fingerprint density at radius 1 is 0.356 bits per heavy atom. The fraction of sp³-hybridized carbons (Fsp3) is 0.184. The molecule has 0 saturated carbocycles. The van der Waals surface area contributed by atoms with Crippen LogP contribution < -0.4 is 57.9 Å². The van der Waals surface area contributed by atoms with E-state index in [1.54, 1.807) is 73.7 Å². The van der Waals surface area contributed by atoms with Crippen LogP contribution in [0.3, 0.4) is 0 Å². The molecule has 4 aliphatic heterocycles. The van der Waals surface area contributed by atoms with Crippen LogP contribution in [0.15, 0.2) is 176 Å². The second-order valence-electron chi connectivity index (χ2n) is 25.3. The number of hydrogen-bond acceptors (Lipinski definition) is 14. The molecule has 0 spiro atoms. The van der Waals surface area contributed by atoms with E-state index in [0.717, 1.165) is 74.1 Å². The van der Waals surface area contributed by atoms with Gasteiger partial charge in [0.2, 0.25) is 10.0 Å². The van der Waals surface area contributed by atoms with Crippen molar-refractivity contribution < 1.29 is 88.9 Å². The summed E-state index contributed by atoms with van der Waals surface area (Å²) in [6, 6.07) is 33.3. The van der Waals surface area contributed by atoms with Crippen molar-refractivity contribution in [2.24, 2.45) is 22.9 Å². The summed E-state index contributed by atoms with van der Waals surface area (Å²) in [5, 5.41) is 5.11. The first kappa shape index (κ1) is 71.5. The van der Waals surface area contributed by atoms with E-state index in [0.29, 0.717) is 93.5 Å². The Bertz CT molecular complexity index is 5700. The lowest BCUT2D eigenvalue weighted by atomic mass is 9.90. The van der Waals surface area contributed by atoms with E-state index in [1.165, 1.54) is 12.1 Å². The lowest BCUT2D eigenvalue weighted by molar-refractivity contribution is 0.148. The van der Waals surface area contributed by atoms with E-state index < -0.39 is 140 Å². The topological polar surface area (TPSA) is 248 Å². The first-order valence-corrected chi connectivity index (χ1v) is 33.8. The lowest BCUT2D eigenvalue weighted by Gasteiger charge is -2.32. The van der Waals surface area contributed by atoms with E-state index in [4.69, 9.17) is 50.7 Å². The highest BCUT2D eigenvalue weighted by Gasteiger charge is 2.38. The molecule has 0 amide bonds. The van der Waals surface area contributed by atoms with Crippen LogP contribution in [-0.4, -0.2) is 38.8 Å². The van der Waals surface area contributed by atoms with E-state index in [-0.39, 0.29) is 35.1 Å². The highest BCUT2D eigenvalue weighted by atomic mass is 32.2. The van der Waals surface area contributed by atoms with E-state index in [9.17, 15) is 70.7 Å². The van der Waals surface area contributed by atoms with Crippen molar-refractivity contribution in [3.05, 3.63) is 298 Å². The minimum atomic E-state index is -3.41. The van der Waals surface area contributed by atoms with E-state index in [1.807, 2.05) is 30.3 Å². The molecule has 9 N–H and O–H groups in total. The van der Waals surface area contributed by atoms with Gasteiger partial charge in [0.25, 0.3) is 0 Å². The summed E-state index contributed by atoms with van der Waals surface area (Å²) in [5.74, 6) is -11.6. The third kappa shape index (κ3) is 14.3. The van der Waals surface area contributed by atoms with Gasteiger partial charge in [-0.2, -0.15) is 0 Å². The zero-order valence-electron chi connectivity index (χ0n) is 54.3. The molecule has 0 radical (unpaired) electrons. The van der Waals surface area contributed by atoms with Gasteiger partial charge in [-0.05, 0) is 139 Å². The molecule has 12 aromatic rings. The molecule has 0 bridgehead atoms. The summed E-state index contributed by atoms with van der Waals surface area (Å²) in [6.45, 7) is 1.79. The van der Waals surface area contributed by atoms with Crippen LogP contribution in [0.4, 0.5) is 58.4 Å². The minimum absolute atomic E-state index is 0.0693. The smallest absolute Gasteiger partial charge is 0.336 e. The maximum Gasteiger partial charge on any atom is 0.336 e. The fourth-order valence-corrected chi connectivity index (χ4v) is 13.8. The highest BCUT2D eigenvalue weighted by Crippen LogP contribution is 2.45. The number of benzene rings is 10. The Balaban J connectivity index is 0.000000123. The van der Waals surface area contributed by atoms with Crippen LogP contribution in [0.1, 0.15) is 74.5 Å². The lowest BCUT2D eigenvalue weighted by Crippen LogP contribution is -2.38. The number of anilines is 1. The minimum Gasteiger partial charge on any atom is -0.484 e. The molecule has 4 aliphatic rings. The molecule has 6 heterocycles. The number of halogens is 12. The Kier molecular flexibility index (Phi) is 19.5. The van der Waals surface area contributed by atoms with Crippen LogP contribution in [0.5, 0.6) is 23.0 Å². The monoisotopic (exact) mass is 1460 g/mol. The first-order valence-electron chi connectivity index (χ1n) is 31.9. The van der Waals surface area contributed by atoms with Crippen molar-refractivity contribution in [2.75, 3.05) is 11.0 Å². The Hall–Kier alpha value is -10.9. The zero-order valence-corrected chi connectivity index (χ0v) is 55.1. The highest BCUT2D eigenvalue weighted by molar-refractivity contribution is 7.92. The van der Waals surface area contributed by atoms with Crippen molar-refractivity contribution in [3.8, 4) is 23.0 Å². The molecule has 536 valence electrons. The molecule has 0 fully saturated rings. The predicted molar refractivity (Wildman–Crippen MR) is 362 cm³/mol. The van der Waals surface area contributed by atoms with Crippen molar-refractivity contribution in [3.63, 3.8) is 0 Å². The maximum atomic E-state index is 14.2. The van der Waals surface area contributed by atoms with Gasteiger partial charge in [-0.1, -0.05) is 42.5 Å². The number of hydrogen-bond donors (Lipinski definition) is 5. The SMILES string of the molecule is CS(=O)(=O)Nc1ccc2c3c(ccc2c1)OC(c1cc(F)c(F)cc1F)C(N)C3.Cc1cc(=O)oc2c3c(ccc12)O[C@H](c1cc(F)c(F)cc1F)[C@@H](N)C3.NC1Cc2c(ccc3ccc(=O)oc23)OC1c1cc(F)c(F)cc1F.NC1Cc2c(ccc3ccccc23)OC1c1cc(F)c(F)cc1F. The van der Waals surface area contributed by atoms with Crippen molar-refractivity contribution in [1.82, 2.24) is 0 Å². The van der Waals surface area contributed by atoms with Crippen LogP contribution in [0, 0.1) is 76.7 Å². The third-order valence-electron chi connectivity index (χ3n) is 18.1. The van der Waals surface area contributed by atoms with Crippen LogP contribution in [0.2, 0.25) is 0 Å². The predicted octanol–water partition coefficient (Wildman–Crippen LogP) is 14.6. The first-order chi connectivity index (χ1) is 49.4. The summed E-state index contributed by atoms with van der Waals surface area (Å²) >= 11 is 0. The molecule has 8 atom stereocenters. The second-order valence-corrected chi connectivity index (χ2v) is 27.0. The van der Waals surface area contributed by atoms with Crippen LogP contribution in [0.25, 0.3) is 43.5 Å². The summed E-state index contributed by atoms with van der Waals surface area (Å²) < 4.78 is 222. The molecule has 15 nitrogen and oxygen atoms in total. The van der Waals surface area contributed by atoms with Gasteiger partial charge in [-0.15, -0.1) is 0 Å². The van der Waals surface area contributed by atoms with E-state index >= 15 is 0 Å². The largest absolute Gasteiger partial charge is 0.484 e. The Morgan fingerprint density at radius 2 is 0.702 bits per heavy atom. The molecular weight excluding hydrogens is 1400 g/mol. The van der Waals surface area contributed by atoms with Gasteiger partial charge < -0.3 is 50.7 Å². The summed E-state index contributed by atoms with van der Waals surface area (Å²) in [6.07, 6.45) is -1.54. The van der Waals surface area contributed by atoms with Crippen molar-refractivity contribution in [2.45, 2.75) is 81.2 Å². The summed E-state index contributed by atoms with van der Waals surface area (Å²) in [7, 11) is -3.41. The molecule has 28 heteroatoms. The number of aryl methyl sites for hydroxylation is 1. The number of ether oxygens (including phenoxy) is 4. The number of fused-ring (bicyclic) bond motifs is 12. The van der Waals surface area contributed by atoms with Gasteiger partial charge in [0.05, 0.1) is 30.4 Å². The third-order valence-corrected chi connectivity index (χ3v) is 18.7. The Labute approximate surface area is 582 Å². The van der Waals surface area contributed by atoms with Gasteiger partial charge in [-0.25, -0.2) is 70.7 Å². The average molecular weight is 1460 g/mol. The molecular formula is C76H57F12N5O10S. The number of sulfonamides is 1. The molecule has 0 aliphatic carbocycles. The van der Waals surface area contributed by atoms with Crippen molar-refractivity contribution in [1.29, 1.82) is 0 Å². The zero-order chi connectivity index (χ0) is 74.1. The fourth-order valence-electron chi connectivity index (χ4n) is 13.3. The molecule has 16 rings (SSSR count). The van der Waals surface area contributed by atoms with Crippen molar-refractivity contribution >= 4 is 59.2 Å². The molecule has 6 unspecified atom stereocenters. The molecule has 0 saturated heterocycles. The molecule has 10 aromatic carbocycles. The van der Waals surface area contributed by atoms with Crippen LogP contribution >= 0.6 is 0 Å². The molecule has 104 heavy (non-hydrogen) atoms. The normalized spacial score (nSPS) is 19.4. The summed E-state index contributed by atoms with van der Waals surface area (Å²) in [4.78, 5) is 23.2. The standard InChI is InChI=1S/C20H17F3N2O3S.C19H14F3NO3.C19H14F3NO.C18H12F3NO3/c1-29(26,27)25-11-3-4-12-10(6-11)2-5-19-13(12)8-18(24)20(28-19)14-7-16(22)17(23)9-15(14)21;1-8-4-17(24)26-18-9(8)2-3-16-11(18)6-15(23)19(25-16)10-5-13(21)14(22)7-12(10)20;20-14-9-16(22)15(21)7-13(14)19-17(23)8-12-11-4-2-1-3-10(11)5-6-18(12)24-19;19-11-7-13(21)12(20)5-9(11)18-14(22)6-10-15(24-18)3-1-8-2-4-16(23)25-17(8)10/h2-7,9,18,20,25H,8,24H2,1H3;2-5,7,15,19H,6,23H2,1H3;1-7,9,17,19H,8,23H2;1-5,7,14,18H,6,22H2/t;15-,19+;;/m.0../s1. The van der Waals surface area contributed by atoms with E-state index in [2.05, 4.69) is 4.72 Å². The maximum absolute atomic E-state index is 14.2. The number of nitrogens with two attached hydrogens (primary N) is 4. The second kappa shape index (κ2) is 28.4.